The normalized spacial score (nSPS) is 20.9. The van der Waals surface area contributed by atoms with Crippen molar-refractivity contribution in [3.63, 3.8) is 0 Å². The van der Waals surface area contributed by atoms with E-state index in [4.69, 9.17) is 0 Å². The van der Waals surface area contributed by atoms with Gasteiger partial charge in [0.05, 0.1) is 40.5 Å². The average Bonchev–Trinajstić information content (AvgIpc) is 3.63. The first-order chi connectivity index (χ1) is 18.9. The molecule has 2 aliphatic heterocycles. The van der Waals surface area contributed by atoms with E-state index >= 15 is 0 Å². The fourth-order valence-corrected chi connectivity index (χ4v) is 8.92. The van der Waals surface area contributed by atoms with Gasteiger partial charge in [-0.1, -0.05) is 17.7 Å². The summed E-state index contributed by atoms with van der Waals surface area (Å²) >= 11 is 0. The lowest BCUT2D eigenvalue weighted by atomic mass is 9.99. The number of imidazole rings is 1. The minimum Gasteiger partial charge on any atom is -0.337 e. The van der Waals surface area contributed by atoms with E-state index in [1.54, 1.807) is 40.9 Å². The maximum absolute atomic E-state index is 13.4. The van der Waals surface area contributed by atoms with Crippen molar-refractivity contribution in [2.24, 2.45) is 0 Å². The van der Waals surface area contributed by atoms with E-state index in [-0.39, 0.29) is 23.1 Å². The molecule has 2 aliphatic rings. The first kappa shape index (κ1) is 27.0. The van der Waals surface area contributed by atoms with Gasteiger partial charge in [0.1, 0.15) is 0 Å². The lowest BCUT2D eigenvalue weighted by Crippen LogP contribution is -2.52. The van der Waals surface area contributed by atoms with E-state index in [1.165, 1.54) is 16.7 Å². The number of benzene rings is 1. The molecule has 2 saturated heterocycles. The maximum Gasteiger partial charge on any atom is 0.390 e. The summed E-state index contributed by atoms with van der Waals surface area (Å²) in [7, 11) is -8.03. The van der Waals surface area contributed by atoms with Crippen LogP contribution >= 0.6 is 0 Å². The molecule has 4 aromatic rings. The topological polar surface area (TPSA) is 110 Å². The molecule has 0 aliphatic carbocycles. The van der Waals surface area contributed by atoms with Gasteiger partial charge in [-0.05, 0) is 44.4 Å². The Morgan fingerprint density at radius 2 is 1.68 bits per heavy atom. The molecule has 10 nitrogen and oxygen atoms in total. The average molecular weight is 597 g/mol. The summed E-state index contributed by atoms with van der Waals surface area (Å²) < 4.78 is 95.2. The summed E-state index contributed by atoms with van der Waals surface area (Å²) in [5.74, 6) is -0.462. The minimum absolute atomic E-state index is 0.125. The zero-order valence-corrected chi connectivity index (χ0v) is 23.1. The van der Waals surface area contributed by atoms with Crippen LogP contribution in [-0.2, 0) is 20.0 Å². The second-order valence-corrected chi connectivity index (χ2v) is 14.1. The highest BCUT2D eigenvalue weighted by molar-refractivity contribution is 7.90. The Morgan fingerprint density at radius 1 is 0.950 bits per heavy atom. The molecule has 0 bridgehead atoms. The molecule has 0 radical (unpaired) electrons. The number of alkyl halides is 3. The predicted octanol–water partition coefficient (Wildman–Crippen LogP) is 3.55. The first-order valence-corrected chi connectivity index (χ1v) is 15.9. The largest absolute Gasteiger partial charge is 0.390 e. The molecule has 0 amide bonds. The fourth-order valence-electron chi connectivity index (χ4n) is 5.83. The monoisotopic (exact) mass is 596 g/mol. The number of rotatable bonds is 6. The van der Waals surface area contributed by atoms with Gasteiger partial charge in [-0.3, -0.25) is 4.40 Å². The second kappa shape index (κ2) is 9.45. The van der Waals surface area contributed by atoms with Gasteiger partial charge in [0.2, 0.25) is 16.0 Å². The Balaban J connectivity index is 1.36. The van der Waals surface area contributed by atoms with Gasteiger partial charge in [0, 0.05) is 31.4 Å². The van der Waals surface area contributed by atoms with Crippen molar-refractivity contribution in [3.8, 4) is 0 Å². The zero-order valence-electron chi connectivity index (χ0n) is 21.5. The molecule has 0 spiro atoms. The quantitative estimate of drug-likeness (QED) is 0.335. The number of aromatic nitrogens is 4. The molecule has 214 valence electrons. The molecule has 0 saturated carbocycles. The molecular weight excluding hydrogens is 569 g/mol. The number of aryl methyl sites for hydroxylation is 1. The molecule has 2 atom stereocenters. The summed E-state index contributed by atoms with van der Waals surface area (Å²) in [6.45, 7) is 2.50. The van der Waals surface area contributed by atoms with Crippen molar-refractivity contribution < 1.29 is 30.0 Å². The number of nitrogens with zero attached hydrogens (tertiary/aromatic N) is 6. The summed E-state index contributed by atoms with van der Waals surface area (Å²) in [6, 6.07) is 7.43. The standard InChI is InChI=1S/C25H27F3N6O4S2/c1-17-4-6-19(7-5-17)40(37,38)33-13-9-22-23(33)29-15-18-16-30-24(34(18)22)31-12-8-21-20(31)3-2-11-32(21)39(35,36)14-10-25(26,27)28/h4-7,9,13,15-16,20-21H,2-3,8,10-12,14H2,1H3/t20-,21+/m1/s1. The van der Waals surface area contributed by atoms with Crippen LogP contribution in [0, 0.1) is 6.92 Å². The number of anilines is 1. The molecule has 5 heterocycles. The van der Waals surface area contributed by atoms with Gasteiger partial charge in [0.15, 0.2) is 5.65 Å². The van der Waals surface area contributed by atoms with Gasteiger partial charge >= 0.3 is 6.18 Å². The van der Waals surface area contributed by atoms with Crippen molar-refractivity contribution in [2.45, 2.75) is 55.8 Å². The van der Waals surface area contributed by atoms with E-state index in [0.717, 1.165) is 9.54 Å². The molecule has 40 heavy (non-hydrogen) atoms. The molecule has 3 aromatic heterocycles. The number of hydrogen-bond donors (Lipinski definition) is 0. The SMILES string of the molecule is Cc1ccc(S(=O)(=O)n2ccc3c2ncc2cnc(N4CC[C@H]5[C@H]4CCCN5S(=O)(=O)CCC(F)(F)F)n23)cc1. The molecule has 15 heteroatoms. The van der Waals surface area contributed by atoms with Crippen LogP contribution in [0.4, 0.5) is 19.1 Å². The highest BCUT2D eigenvalue weighted by Crippen LogP contribution is 2.37. The predicted molar refractivity (Wildman–Crippen MR) is 142 cm³/mol. The lowest BCUT2D eigenvalue weighted by Gasteiger charge is -2.39. The Kier molecular flexibility index (Phi) is 6.38. The van der Waals surface area contributed by atoms with Gasteiger partial charge in [-0.2, -0.15) is 17.5 Å². The number of halogens is 3. The molecular formula is C25H27F3N6O4S2. The van der Waals surface area contributed by atoms with E-state index in [0.29, 0.717) is 42.8 Å². The minimum atomic E-state index is -4.55. The molecule has 0 unspecified atom stereocenters. The van der Waals surface area contributed by atoms with Gasteiger partial charge in [-0.25, -0.2) is 30.8 Å². The molecule has 6 rings (SSSR count). The third-order valence-corrected chi connectivity index (χ3v) is 11.3. The van der Waals surface area contributed by atoms with Crippen LogP contribution in [0.25, 0.3) is 16.7 Å². The van der Waals surface area contributed by atoms with E-state index in [9.17, 15) is 30.0 Å². The Bertz CT molecular complexity index is 1800. The van der Waals surface area contributed by atoms with Crippen LogP contribution in [0.5, 0.6) is 0 Å². The van der Waals surface area contributed by atoms with Crippen LogP contribution < -0.4 is 4.90 Å². The third-order valence-electron chi connectivity index (χ3n) is 7.73. The highest BCUT2D eigenvalue weighted by Gasteiger charge is 2.46. The van der Waals surface area contributed by atoms with Crippen LogP contribution in [-0.4, -0.2) is 76.6 Å². The molecule has 2 fully saturated rings. The number of fused-ring (bicyclic) bond motifs is 4. The lowest BCUT2D eigenvalue weighted by molar-refractivity contribution is -0.130. The molecule has 0 N–H and O–H groups in total. The Labute approximate surface area is 229 Å². The van der Waals surface area contributed by atoms with Crippen LogP contribution in [0.3, 0.4) is 0 Å². The third kappa shape index (κ3) is 4.53. The smallest absolute Gasteiger partial charge is 0.337 e. The zero-order chi connectivity index (χ0) is 28.4. The second-order valence-electron chi connectivity index (χ2n) is 10.3. The summed E-state index contributed by atoms with van der Waals surface area (Å²) in [5.41, 5.74) is 2.28. The number of hydrogen-bond acceptors (Lipinski definition) is 7. The van der Waals surface area contributed by atoms with E-state index < -0.39 is 44.4 Å². The van der Waals surface area contributed by atoms with Crippen molar-refractivity contribution in [2.75, 3.05) is 23.7 Å². The summed E-state index contributed by atoms with van der Waals surface area (Å²) in [5, 5.41) is 0. The van der Waals surface area contributed by atoms with Crippen LogP contribution in [0.15, 0.2) is 53.8 Å². The van der Waals surface area contributed by atoms with Crippen molar-refractivity contribution in [1.29, 1.82) is 0 Å². The van der Waals surface area contributed by atoms with Gasteiger partial charge in [0.25, 0.3) is 10.0 Å². The number of piperidine rings is 1. The first-order valence-electron chi connectivity index (χ1n) is 12.9. The van der Waals surface area contributed by atoms with Crippen molar-refractivity contribution >= 4 is 42.7 Å². The van der Waals surface area contributed by atoms with E-state index in [2.05, 4.69) is 9.97 Å². The maximum atomic E-state index is 13.4. The number of sulfonamides is 1. The Hall–Kier alpha value is -3.17. The Morgan fingerprint density at radius 3 is 2.40 bits per heavy atom. The van der Waals surface area contributed by atoms with Crippen LogP contribution in [0.2, 0.25) is 0 Å². The fraction of sp³-hybridized carbons (Fsp3) is 0.440. The van der Waals surface area contributed by atoms with Crippen molar-refractivity contribution in [1.82, 2.24) is 22.6 Å². The summed E-state index contributed by atoms with van der Waals surface area (Å²) in [6.07, 6.45) is 0.257. The van der Waals surface area contributed by atoms with Gasteiger partial charge < -0.3 is 4.90 Å². The summed E-state index contributed by atoms with van der Waals surface area (Å²) in [4.78, 5) is 11.1. The van der Waals surface area contributed by atoms with Gasteiger partial charge in [-0.15, -0.1) is 0 Å². The van der Waals surface area contributed by atoms with E-state index in [1.807, 2.05) is 11.8 Å². The molecule has 1 aromatic carbocycles. The highest BCUT2D eigenvalue weighted by atomic mass is 32.2. The van der Waals surface area contributed by atoms with Crippen LogP contribution in [0.1, 0.15) is 31.2 Å². The van der Waals surface area contributed by atoms with Crippen molar-refractivity contribution in [3.05, 3.63) is 54.5 Å².